The quantitative estimate of drug-likeness (QED) is 0.733. The van der Waals surface area contributed by atoms with Crippen molar-refractivity contribution in [3.63, 3.8) is 0 Å². The van der Waals surface area contributed by atoms with Crippen molar-refractivity contribution >= 4 is 5.69 Å². The maximum atomic E-state index is 5.86. The first-order valence-corrected chi connectivity index (χ1v) is 8.13. The molecule has 0 amide bonds. The van der Waals surface area contributed by atoms with Crippen molar-refractivity contribution in [2.24, 2.45) is 0 Å². The number of benzene rings is 2. The van der Waals surface area contributed by atoms with Crippen LogP contribution in [0.4, 0.5) is 5.69 Å². The smallest absolute Gasteiger partial charge is 0.247 e. The Kier molecular flexibility index (Phi) is 3.91. The van der Waals surface area contributed by atoms with E-state index in [4.69, 9.17) is 9.15 Å². The summed E-state index contributed by atoms with van der Waals surface area (Å²) in [7, 11) is 1.65. The van der Waals surface area contributed by atoms with Gasteiger partial charge in [-0.15, -0.1) is 10.2 Å². The standard InChI is InChI=1S/C19H19N3O2/c1-23-16-10-8-15(9-11-16)19-21-20-18(24-19)13-22-12-4-6-14-5-2-3-7-17(14)22/h2-3,5,7-11H,4,6,12-13H2,1H3. The van der Waals surface area contributed by atoms with Gasteiger partial charge in [-0.25, -0.2) is 0 Å². The van der Waals surface area contributed by atoms with E-state index in [1.54, 1.807) is 7.11 Å². The summed E-state index contributed by atoms with van der Waals surface area (Å²) in [6, 6.07) is 16.1. The number of methoxy groups -OCH3 is 1. The topological polar surface area (TPSA) is 51.4 Å². The molecule has 4 rings (SSSR count). The number of hydrogen-bond donors (Lipinski definition) is 0. The molecule has 0 N–H and O–H groups in total. The average Bonchev–Trinajstić information content (AvgIpc) is 3.11. The molecule has 0 saturated heterocycles. The maximum Gasteiger partial charge on any atom is 0.247 e. The zero-order valence-corrected chi connectivity index (χ0v) is 13.6. The third-order valence-electron chi connectivity index (χ3n) is 4.34. The molecule has 0 fully saturated rings. The fourth-order valence-electron chi connectivity index (χ4n) is 3.11. The van der Waals surface area contributed by atoms with E-state index >= 15 is 0 Å². The van der Waals surface area contributed by atoms with Crippen LogP contribution in [0.1, 0.15) is 17.9 Å². The lowest BCUT2D eigenvalue weighted by atomic mass is 10.0. The Morgan fingerprint density at radius 3 is 2.75 bits per heavy atom. The molecule has 0 atom stereocenters. The van der Waals surface area contributed by atoms with E-state index in [0.717, 1.165) is 30.7 Å². The first kappa shape index (κ1) is 14.8. The van der Waals surface area contributed by atoms with Gasteiger partial charge in [0, 0.05) is 17.8 Å². The zero-order chi connectivity index (χ0) is 16.4. The lowest BCUT2D eigenvalue weighted by Gasteiger charge is -2.29. The molecule has 2 aromatic carbocycles. The number of ether oxygens (including phenoxy) is 1. The molecule has 0 unspecified atom stereocenters. The molecule has 1 aliphatic heterocycles. The van der Waals surface area contributed by atoms with Gasteiger partial charge in [0.1, 0.15) is 5.75 Å². The number of nitrogens with zero attached hydrogens (tertiary/aromatic N) is 3. The number of anilines is 1. The van der Waals surface area contributed by atoms with Crippen LogP contribution >= 0.6 is 0 Å². The molecule has 1 aromatic heterocycles. The van der Waals surface area contributed by atoms with Gasteiger partial charge >= 0.3 is 0 Å². The Labute approximate surface area is 140 Å². The molecule has 24 heavy (non-hydrogen) atoms. The van der Waals surface area contributed by atoms with E-state index in [1.165, 1.54) is 11.3 Å². The highest BCUT2D eigenvalue weighted by Crippen LogP contribution is 2.28. The van der Waals surface area contributed by atoms with E-state index in [0.29, 0.717) is 18.3 Å². The Morgan fingerprint density at radius 2 is 1.92 bits per heavy atom. The van der Waals surface area contributed by atoms with Gasteiger partial charge in [0.15, 0.2) is 0 Å². The van der Waals surface area contributed by atoms with Crippen molar-refractivity contribution in [2.75, 3.05) is 18.6 Å². The highest BCUT2D eigenvalue weighted by Gasteiger charge is 2.19. The zero-order valence-electron chi connectivity index (χ0n) is 13.6. The molecular formula is C19H19N3O2. The van der Waals surface area contributed by atoms with E-state index in [1.807, 2.05) is 24.3 Å². The van der Waals surface area contributed by atoms with Gasteiger partial charge in [-0.1, -0.05) is 18.2 Å². The summed E-state index contributed by atoms with van der Waals surface area (Å²) >= 11 is 0. The predicted molar refractivity (Wildman–Crippen MR) is 92.1 cm³/mol. The second kappa shape index (κ2) is 6.35. The van der Waals surface area contributed by atoms with Crippen molar-refractivity contribution < 1.29 is 9.15 Å². The van der Waals surface area contributed by atoms with Crippen LogP contribution < -0.4 is 9.64 Å². The first-order valence-electron chi connectivity index (χ1n) is 8.13. The van der Waals surface area contributed by atoms with Crippen LogP contribution in [0.25, 0.3) is 11.5 Å². The Hall–Kier alpha value is -2.82. The Balaban J connectivity index is 1.53. The van der Waals surface area contributed by atoms with Gasteiger partial charge in [-0.2, -0.15) is 0 Å². The molecule has 5 heteroatoms. The summed E-state index contributed by atoms with van der Waals surface area (Å²) in [6.07, 6.45) is 2.28. The van der Waals surface area contributed by atoms with Gasteiger partial charge in [-0.05, 0) is 48.7 Å². The van der Waals surface area contributed by atoms with E-state index in [2.05, 4.69) is 39.4 Å². The number of fused-ring (bicyclic) bond motifs is 1. The average molecular weight is 321 g/mol. The predicted octanol–water partition coefficient (Wildman–Crippen LogP) is 3.70. The molecule has 122 valence electrons. The normalized spacial score (nSPS) is 13.6. The maximum absolute atomic E-state index is 5.86. The van der Waals surface area contributed by atoms with Crippen LogP contribution in [-0.2, 0) is 13.0 Å². The molecule has 5 nitrogen and oxygen atoms in total. The van der Waals surface area contributed by atoms with E-state index in [9.17, 15) is 0 Å². The lowest BCUT2D eigenvalue weighted by molar-refractivity contribution is 0.415. The summed E-state index contributed by atoms with van der Waals surface area (Å²) in [4.78, 5) is 2.31. The second-order valence-corrected chi connectivity index (χ2v) is 5.88. The van der Waals surface area contributed by atoms with Crippen LogP contribution in [0.2, 0.25) is 0 Å². The van der Waals surface area contributed by atoms with Gasteiger partial charge in [0.05, 0.1) is 13.7 Å². The second-order valence-electron chi connectivity index (χ2n) is 5.88. The SMILES string of the molecule is COc1ccc(-c2nnc(CN3CCCc4ccccc43)o2)cc1. The van der Waals surface area contributed by atoms with Crippen molar-refractivity contribution in [3.8, 4) is 17.2 Å². The number of rotatable bonds is 4. The third-order valence-corrected chi connectivity index (χ3v) is 4.34. The molecule has 0 saturated carbocycles. The van der Waals surface area contributed by atoms with Crippen LogP contribution in [0, 0.1) is 0 Å². The molecule has 2 heterocycles. The fourth-order valence-corrected chi connectivity index (χ4v) is 3.11. The number of aromatic nitrogens is 2. The number of para-hydroxylation sites is 1. The summed E-state index contributed by atoms with van der Waals surface area (Å²) in [5.41, 5.74) is 3.56. The van der Waals surface area contributed by atoms with Gasteiger partial charge < -0.3 is 14.1 Å². The number of aryl methyl sites for hydroxylation is 1. The summed E-state index contributed by atoms with van der Waals surface area (Å²) in [5, 5.41) is 8.39. The Morgan fingerprint density at radius 1 is 1.08 bits per heavy atom. The molecule has 0 aliphatic carbocycles. The first-order chi connectivity index (χ1) is 11.8. The van der Waals surface area contributed by atoms with Crippen molar-refractivity contribution in [3.05, 3.63) is 60.0 Å². The van der Waals surface area contributed by atoms with Crippen molar-refractivity contribution in [1.82, 2.24) is 10.2 Å². The summed E-state index contributed by atoms with van der Waals surface area (Å²) in [6.45, 7) is 1.65. The van der Waals surface area contributed by atoms with Gasteiger partial charge in [0.25, 0.3) is 0 Å². The lowest BCUT2D eigenvalue weighted by Crippen LogP contribution is -2.28. The van der Waals surface area contributed by atoms with Crippen LogP contribution in [0.3, 0.4) is 0 Å². The van der Waals surface area contributed by atoms with Crippen molar-refractivity contribution in [2.45, 2.75) is 19.4 Å². The minimum atomic E-state index is 0.540. The molecule has 1 aliphatic rings. The van der Waals surface area contributed by atoms with E-state index in [-0.39, 0.29) is 0 Å². The number of hydrogen-bond acceptors (Lipinski definition) is 5. The summed E-state index contributed by atoms with van der Waals surface area (Å²) in [5.74, 6) is 1.99. The molecular weight excluding hydrogens is 302 g/mol. The summed E-state index contributed by atoms with van der Waals surface area (Å²) < 4.78 is 11.0. The van der Waals surface area contributed by atoms with Crippen LogP contribution in [0.5, 0.6) is 5.75 Å². The van der Waals surface area contributed by atoms with Gasteiger partial charge in [-0.3, -0.25) is 0 Å². The monoisotopic (exact) mass is 321 g/mol. The minimum absolute atomic E-state index is 0.540. The molecule has 0 radical (unpaired) electrons. The van der Waals surface area contributed by atoms with Crippen LogP contribution in [0.15, 0.2) is 52.9 Å². The van der Waals surface area contributed by atoms with Crippen LogP contribution in [-0.4, -0.2) is 23.9 Å². The third kappa shape index (κ3) is 2.85. The molecule has 3 aromatic rings. The Bertz CT molecular complexity index is 827. The largest absolute Gasteiger partial charge is 0.497 e. The highest BCUT2D eigenvalue weighted by molar-refractivity contribution is 5.56. The molecule has 0 spiro atoms. The van der Waals surface area contributed by atoms with Crippen molar-refractivity contribution in [1.29, 1.82) is 0 Å². The van der Waals surface area contributed by atoms with Gasteiger partial charge in [0.2, 0.25) is 11.8 Å². The molecule has 0 bridgehead atoms. The van der Waals surface area contributed by atoms with E-state index < -0.39 is 0 Å². The minimum Gasteiger partial charge on any atom is -0.497 e. The highest BCUT2D eigenvalue weighted by atomic mass is 16.5. The fraction of sp³-hybridized carbons (Fsp3) is 0.263.